The van der Waals surface area contributed by atoms with E-state index in [9.17, 15) is 9.18 Å². The van der Waals surface area contributed by atoms with E-state index in [1.807, 2.05) is 30.3 Å². The van der Waals surface area contributed by atoms with Crippen molar-refractivity contribution in [3.63, 3.8) is 0 Å². The second-order valence-corrected chi connectivity index (χ2v) is 5.93. The Hall–Kier alpha value is -3.14. The lowest BCUT2D eigenvalue weighted by Gasteiger charge is -2.08. The number of halogens is 1. The van der Waals surface area contributed by atoms with E-state index in [0.29, 0.717) is 25.1 Å². The van der Waals surface area contributed by atoms with Gasteiger partial charge in [-0.2, -0.15) is 0 Å². The number of amides is 1. The van der Waals surface area contributed by atoms with Gasteiger partial charge in [-0.05, 0) is 53.9 Å². The molecule has 3 rings (SSSR count). The largest absolute Gasteiger partial charge is 0.489 e. The van der Waals surface area contributed by atoms with Crippen molar-refractivity contribution in [1.82, 2.24) is 5.32 Å². The lowest BCUT2D eigenvalue weighted by molar-refractivity contribution is 0.0954. The van der Waals surface area contributed by atoms with Gasteiger partial charge >= 0.3 is 0 Å². The Kier molecular flexibility index (Phi) is 5.99. The van der Waals surface area contributed by atoms with Crippen LogP contribution in [0.15, 0.2) is 78.9 Å². The second kappa shape index (κ2) is 8.81. The summed E-state index contributed by atoms with van der Waals surface area (Å²) in [5.74, 6) is 0.325. The van der Waals surface area contributed by atoms with Crippen LogP contribution in [0.25, 0.3) is 0 Å². The van der Waals surface area contributed by atoms with Crippen LogP contribution in [0.5, 0.6) is 5.75 Å². The number of benzene rings is 3. The van der Waals surface area contributed by atoms with Gasteiger partial charge in [-0.15, -0.1) is 0 Å². The third kappa shape index (κ3) is 5.18. The first kappa shape index (κ1) is 17.7. The quantitative estimate of drug-likeness (QED) is 0.687. The van der Waals surface area contributed by atoms with Crippen LogP contribution < -0.4 is 10.1 Å². The first-order valence-electron chi connectivity index (χ1n) is 8.50. The van der Waals surface area contributed by atoms with Crippen LogP contribution in [0.4, 0.5) is 4.39 Å². The lowest BCUT2D eigenvalue weighted by atomic mass is 10.1. The van der Waals surface area contributed by atoms with Crippen LogP contribution in [-0.2, 0) is 13.0 Å². The highest BCUT2D eigenvalue weighted by Crippen LogP contribution is 2.14. The fourth-order valence-electron chi connectivity index (χ4n) is 2.52. The molecule has 0 aliphatic rings. The van der Waals surface area contributed by atoms with Gasteiger partial charge < -0.3 is 10.1 Å². The van der Waals surface area contributed by atoms with Crippen LogP contribution in [0.3, 0.4) is 0 Å². The van der Waals surface area contributed by atoms with Crippen molar-refractivity contribution < 1.29 is 13.9 Å². The van der Waals surface area contributed by atoms with Crippen molar-refractivity contribution in [3.05, 3.63) is 101 Å². The average Bonchev–Trinajstić information content (AvgIpc) is 2.69. The molecule has 0 saturated carbocycles. The van der Waals surface area contributed by atoms with Crippen molar-refractivity contribution in [2.45, 2.75) is 13.0 Å². The Bertz CT molecular complexity index is 830. The van der Waals surface area contributed by atoms with Crippen molar-refractivity contribution in [2.24, 2.45) is 0 Å². The van der Waals surface area contributed by atoms with Gasteiger partial charge in [0, 0.05) is 12.1 Å². The van der Waals surface area contributed by atoms with E-state index in [-0.39, 0.29) is 11.7 Å². The van der Waals surface area contributed by atoms with Gasteiger partial charge in [0.15, 0.2) is 0 Å². The maximum atomic E-state index is 12.9. The molecule has 0 aliphatic carbocycles. The molecule has 3 nitrogen and oxygen atoms in total. The zero-order valence-electron chi connectivity index (χ0n) is 14.3. The Morgan fingerprint density at radius 1 is 0.846 bits per heavy atom. The maximum absolute atomic E-state index is 12.9. The molecule has 0 atom stereocenters. The Balaban J connectivity index is 1.46. The molecule has 132 valence electrons. The molecule has 0 aliphatic heterocycles. The predicted octanol–water partition coefficient (Wildman–Crippen LogP) is 4.38. The predicted molar refractivity (Wildman–Crippen MR) is 99.7 cm³/mol. The van der Waals surface area contributed by atoms with E-state index in [2.05, 4.69) is 5.32 Å². The third-order valence-corrected chi connectivity index (χ3v) is 3.98. The van der Waals surface area contributed by atoms with Crippen LogP contribution in [0, 0.1) is 5.82 Å². The molecule has 26 heavy (non-hydrogen) atoms. The van der Waals surface area contributed by atoms with Crippen LogP contribution in [0.1, 0.15) is 21.5 Å². The summed E-state index contributed by atoms with van der Waals surface area (Å²) in [4.78, 5) is 12.2. The first-order valence-corrected chi connectivity index (χ1v) is 8.50. The summed E-state index contributed by atoms with van der Waals surface area (Å²) in [7, 11) is 0. The number of nitrogens with one attached hydrogen (secondary N) is 1. The minimum Gasteiger partial charge on any atom is -0.489 e. The van der Waals surface area contributed by atoms with E-state index in [4.69, 9.17) is 4.74 Å². The summed E-state index contributed by atoms with van der Waals surface area (Å²) >= 11 is 0. The molecular weight excluding hydrogens is 329 g/mol. The fourth-order valence-corrected chi connectivity index (χ4v) is 2.52. The molecule has 4 heteroatoms. The fraction of sp³-hybridized carbons (Fsp3) is 0.136. The molecule has 0 saturated heterocycles. The zero-order chi connectivity index (χ0) is 18.2. The zero-order valence-corrected chi connectivity index (χ0v) is 14.3. The van der Waals surface area contributed by atoms with Gasteiger partial charge in [-0.3, -0.25) is 4.79 Å². The highest BCUT2D eigenvalue weighted by Gasteiger charge is 2.05. The number of carbonyl (C=O) groups excluding carboxylic acids is 1. The molecule has 0 aromatic heterocycles. The Morgan fingerprint density at radius 3 is 2.23 bits per heavy atom. The highest BCUT2D eigenvalue weighted by atomic mass is 19.1. The SMILES string of the molecule is O=C(NCCc1ccc(F)cc1)c1ccc(OCc2ccccc2)cc1. The normalized spacial score (nSPS) is 10.3. The molecular formula is C22H20FNO2. The van der Waals surface area contributed by atoms with Crippen LogP contribution in [-0.4, -0.2) is 12.5 Å². The van der Waals surface area contributed by atoms with Crippen molar-refractivity contribution in [2.75, 3.05) is 6.54 Å². The van der Waals surface area contributed by atoms with Crippen molar-refractivity contribution >= 4 is 5.91 Å². The highest BCUT2D eigenvalue weighted by molar-refractivity contribution is 5.94. The van der Waals surface area contributed by atoms with E-state index in [0.717, 1.165) is 16.9 Å². The molecule has 3 aromatic rings. The van der Waals surface area contributed by atoms with Crippen LogP contribution >= 0.6 is 0 Å². The molecule has 3 aromatic carbocycles. The smallest absolute Gasteiger partial charge is 0.251 e. The average molecular weight is 349 g/mol. The van der Waals surface area contributed by atoms with E-state index in [1.54, 1.807) is 36.4 Å². The summed E-state index contributed by atoms with van der Waals surface area (Å²) in [6, 6.07) is 23.3. The lowest BCUT2D eigenvalue weighted by Crippen LogP contribution is -2.25. The summed E-state index contributed by atoms with van der Waals surface area (Å²) in [6.07, 6.45) is 0.657. The van der Waals surface area contributed by atoms with Crippen LogP contribution in [0.2, 0.25) is 0 Å². The molecule has 0 spiro atoms. The van der Waals surface area contributed by atoms with E-state index in [1.165, 1.54) is 12.1 Å². The first-order chi connectivity index (χ1) is 12.7. The summed E-state index contributed by atoms with van der Waals surface area (Å²) in [5, 5.41) is 2.87. The number of carbonyl (C=O) groups is 1. The van der Waals surface area contributed by atoms with E-state index >= 15 is 0 Å². The van der Waals surface area contributed by atoms with Crippen molar-refractivity contribution in [3.8, 4) is 5.75 Å². The molecule has 1 N–H and O–H groups in total. The van der Waals surface area contributed by atoms with Crippen molar-refractivity contribution in [1.29, 1.82) is 0 Å². The molecule has 0 unspecified atom stereocenters. The molecule has 1 amide bonds. The summed E-state index contributed by atoms with van der Waals surface area (Å²) < 4.78 is 18.6. The standard InChI is InChI=1S/C22H20FNO2/c23-20-10-6-17(7-11-20)14-15-24-22(25)19-8-12-21(13-9-19)26-16-18-4-2-1-3-5-18/h1-13H,14-16H2,(H,24,25). The Morgan fingerprint density at radius 2 is 1.54 bits per heavy atom. The monoisotopic (exact) mass is 349 g/mol. The topological polar surface area (TPSA) is 38.3 Å². The van der Waals surface area contributed by atoms with Gasteiger partial charge in [-0.25, -0.2) is 4.39 Å². The number of rotatable bonds is 7. The summed E-state index contributed by atoms with van der Waals surface area (Å²) in [5.41, 5.74) is 2.66. The van der Waals surface area contributed by atoms with E-state index < -0.39 is 0 Å². The van der Waals surface area contributed by atoms with Gasteiger partial charge in [0.05, 0.1) is 0 Å². The molecule has 0 fully saturated rings. The third-order valence-electron chi connectivity index (χ3n) is 3.98. The van der Waals surface area contributed by atoms with Gasteiger partial charge in [0.2, 0.25) is 0 Å². The van der Waals surface area contributed by atoms with Gasteiger partial charge in [-0.1, -0.05) is 42.5 Å². The van der Waals surface area contributed by atoms with Gasteiger partial charge in [0.25, 0.3) is 5.91 Å². The number of ether oxygens (including phenoxy) is 1. The molecule has 0 heterocycles. The maximum Gasteiger partial charge on any atom is 0.251 e. The minimum absolute atomic E-state index is 0.137. The molecule has 0 radical (unpaired) electrons. The summed E-state index contributed by atoms with van der Waals surface area (Å²) in [6.45, 7) is 0.987. The number of hydrogen-bond acceptors (Lipinski definition) is 2. The Labute approximate surface area is 152 Å². The molecule has 0 bridgehead atoms. The second-order valence-electron chi connectivity index (χ2n) is 5.93. The minimum atomic E-state index is -0.257. The number of hydrogen-bond donors (Lipinski definition) is 1. The van der Waals surface area contributed by atoms with Gasteiger partial charge in [0.1, 0.15) is 18.2 Å².